The molecule has 5 rings (SSSR count). The van der Waals surface area contributed by atoms with E-state index in [-0.39, 0.29) is 23.2 Å². The van der Waals surface area contributed by atoms with E-state index in [1.54, 1.807) is 0 Å². The summed E-state index contributed by atoms with van der Waals surface area (Å²) in [5, 5.41) is 10.1. The van der Waals surface area contributed by atoms with Crippen molar-refractivity contribution in [1.82, 2.24) is 9.13 Å². The predicted octanol–water partition coefficient (Wildman–Crippen LogP) is 1.97. The fourth-order valence-electron chi connectivity index (χ4n) is 6.18. The molecule has 0 unspecified atom stereocenters. The molecule has 0 radical (unpaired) electrons. The number of nitrogens with zero attached hydrogens (tertiary/aromatic N) is 2. The Labute approximate surface area is 146 Å². The van der Waals surface area contributed by atoms with Gasteiger partial charge in [-0.2, -0.15) is 0 Å². The maximum Gasteiger partial charge on any atom is 0.333 e. The van der Waals surface area contributed by atoms with Gasteiger partial charge in [-0.25, -0.2) is 4.79 Å². The van der Waals surface area contributed by atoms with Crippen LogP contribution in [0.4, 0.5) is 0 Å². The molecule has 0 atom stereocenters. The topological polar surface area (TPSA) is 81.3 Å². The van der Waals surface area contributed by atoms with Gasteiger partial charge in [0.1, 0.15) is 5.56 Å². The van der Waals surface area contributed by atoms with Gasteiger partial charge in [0.2, 0.25) is 5.88 Å². The van der Waals surface area contributed by atoms with Crippen molar-refractivity contribution in [3.63, 3.8) is 0 Å². The van der Waals surface area contributed by atoms with Crippen LogP contribution in [0.15, 0.2) is 9.59 Å². The van der Waals surface area contributed by atoms with E-state index in [9.17, 15) is 19.5 Å². The van der Waals surface area contributed by atoms with Crippen molar-refractivity contribution >= 4 is 5.78 Å². The number of hydrogen-bond donors (Lipinski definition) is 1. The fraction of sp³-hybridized carbons (Fsp3) is 0.737. The largest absolute Gasteiger partial charge is 0.494 e. The highest BCUT2D eigenvalue weighted by Crippen LogP contribution is 2.61. The first-order chi connectivity index (χ1) is 11.8. The molecule has 6 nitrogen and oxygen atoms in total. The van der Waals surface area contributed by atoms with E-state index >= 15 is 0 Å². The van der Waals surface area contributed by atoms with Gasteiger partial charge in [-0.05, 0) is 68.1 Å². The summed E-state index contributed by atoms with van der Waals surface area (Å²) in [5.41, 5.74) is -1.31. The first-order valence-corrected chi connectivity index (χ1v) is 9.32. The summed E-state index contributed by atoms with van der Waals surface area (Å²) in [5.74, 6) is 1.61. The van der Waals surface area contributed by atoms with Crippen molar-refractivity contribution in [3.05, 3.63) is 26.4 Å². The van der Waals surface area contributed by atoms with Gasteiger partial charge in [0, 0.05) is 20.5 Å². The Bertz CT molecular complexity index is 813. The summed E-state index contributed by atoms with van der Waals surface area (Å²) in [6, 6.07) is 0. The summed E-state index contributed by atoms with van der Waals surface area (Å²) in [4.78, 5) is 36.8. The van der Waals surface area contributed by atoms with Crippen molar-refractivity contribution in [1.29, 1.82) is 0 Å². The minimum Gasteiger partial charge on any atom is -0.494 e. The summed E-state index contributed by atoms with van der Waals surface area (Å²) in [6.45, 7) is 0. The van der Waals surface area contributed by atoms with Crippen LogP contribution in [0.2, 0.25) is 0 Å². The second-order valence-electron chi connectivity index (χ2n) is 8.75. The Morgan fingerprint density at radius 3 is 2.08 bits per heavy atom. The number of carbonyl (C=O) groups excluding carboxylic acids is 1. The lowest BCUT2D eigenvalue weighted by Crippen LogP contribution is -2.46. The van der Waals surface area contributed by atoms with Crippen LogP contribution in [-0.2, 0) is 14.1 Å². The maximum atomic E-state index is 12.7. The zero-order valence-electron chi connectivity index (χ0n) is 15.0. The van der Waals surface area contributed by atoms with Gasteiger partial charge in [-0.15, -0.1) is 0 Å². The van der Waals surface area contributed by atoms with Crippen molar-refractivity contribution in [2.75, 3.05) is 0 Å². The zero-order valence-corrected chi connectivity index (χ0v) is 15.0. The molecule has 0 spiro atoms. The highest BCUT2D eigenvalue weighted by Gasteiger charge is 2.50. The van der Waals surface area contributed by atoms with Crippen LogP contribution in [0.1, 0.15) is 61.7 Å². The number of rotatable bonds is 4. The molecular formula is C19H26N2O4. The van der Waals surface area contributed by atoms with Gasteiger partial charge < -0.3 is 5.11 Å². The number of carbonyl (C=O) groups is 1. The molecule has 4 aliphatic rings. The molecule has 4 fully saturated rings. The normalized spacial score (nSPS) is 33.0. The molecule has 1 heterocycles. The molecule has 6 heteroatoms. The minimum absolute atomic E-state index is 0.241. The van der Waals surface area contributed by atoms with Crippen LogP contribution in [0.25, 0.3) is 0 Å². The molecule has 136 valence electrons. The van der Waals surface area contributed by atoms with Crippen LogP contribution in [0, 0.1) is 23.2 Å². The summed E-state index contributed by atoms with van der Waals surface area (Å²) < 4.78 is 1.84. The SMILES string of the molecule is Cn1c(O)c(C(=O)CCC23CC4CC(CC(C4)C2)C3)c(=O)n(C)c1=O. The highest BCUT2D eigenvalue weighted by atomic mass is 16.3. The molecule has 0 aromatic carbocycles. The van der Waals surface area contributed by atoms with E-state index < -0.39 is 17.1 Å². The number of ketones is 1. The average Bonchev–Trinajstić information content (AvgIpc) is 2.55. The number of hydrogen-bond acceptors (Lipinski definition) is 4. The van der Waals surface area contributed by atoms with Crippen molar-refractivity contribution < 1.29 is 9.90 Å². The molecule has 1 aromatic rings. The third-order valence-corrected chi connectivity index (χ3v) is 6.96. The van der Waals surface area contributed by atoms with Gasteiger partial charge in [0.05, 0.1) is 0 Å². The van der Waals surface area contributed by atoms with Crippen LogP contribution in [-0.4, -0.2) is 20.0 Å². The first kappa shape index (κ1) is 16.6. The van der Waals surface area contributed by atoms with Crippen molar-refractivity contribution in [2.24, 2.45) is 37.3 Å². The van der Waals surface area contributed by atoms with Crippen LogP contribution >= 0.6 is 0 Å². The lowest BCUT2D eigenvalue weighted by molar-refractivity contribution is -0.0570. The standard InChI is InChI=1S/C19H26N2O4/c1-20-16(23)15(17(24)21(2)18(20)25)14(22)3-4-19-8-11-5-12(9-19)7-13(6-11)10-19/h11-13,23H,3-10H2,1-2H3. The molecule has 4 saturated carbocycles. The van der Waals surface area contributed by atoms with Crippen molar-refractivity contribution in [2.45, 2.75) is 51.4 Å². The lowest BCUT2D eigenvalue weighted by atomic mass is 9.48. The zero-order chi connectivity index (χ0) is 17.9. The second-order valence-corrected chi connectivity index (χ2v) is 8.75. The molecule has 0 saturated heterocycles. The molecular weight excluding hydrogens is 320 g/mol. The quantitative estimate of drug-likeness (QED) is 0.845. The van der Waals surface area contributed by atoms with Gasteiger partial charge in [0.25, 0.3) is 5.56 Å². The van der Waals surface area contributed by atoms with E-state index in [1.165, 1.54) is 52.6 Å². The molecule has 4 aliphatic carbocycles. The Kier molecular flexibility index (Phi) is 3.71. The Morgan fingerprint density at radius 1 is 1.04 bits per heavy atom. The van der Waals surface area contributed by atoms with Gasteiger partial charge in [-0.1, -0.05) is 0 Å². The third kappa shape index (κ3) is 2.57. The van der Waals surface area contributed by atoms with E-state index in [0.717, 1.165) is 33.3 Å². The summed E-state index contributed by atoms with van der Waals surface area (Å²) in [6.07, 6.45) is 8.77. The number of aromatic nitrogens is 2. The molecule has 0 aliphatic heterocycles. The maximum absolute atomic E-state index is 12.7. The molecule has 0 amide bonds. The monoisotopic (exact) mass is 346 g/mol. The molecule has 1 aromatic heterocycles. The first-order valence-electron chi connectivity index (χ1n) is 9.32. The summed E-state index contributed by atoms with van der Waals surface area (Å²) >= 11 is 0. The summed E-state index contributed by atoms with van der Waals surface area (Å²) in [7, 11) is 2.70. The van der Waals surface area contributed by atoms with E-state index in [0.29, 0.717) is 0 Å². The van der Waals surface area contributed by atoms with Crippen LogP contribution in [0.5, 0.6) is 5.88 Å². The lowest BCUT2D eigenvalue weighted by Gasteiger charge is -2.57. The highest BCUT2D eigenvalue weighted by molar-refractivity contribution is 5.97. The van der Waals surface area contributed by atoms with E-state index in [1.807, 2.05) is 0 Å². The number of Topliss-reactive ketones (excluding diaryl/α,β-unsaturated/α-hetero) is 1. The van der Waals surface area contributed by atoms with Gasteiger partial charge >= 0.3 is 5.69 Å². The fourth-order valence-corrected chi connectivity index (χ4v) is 6.18. The molecule has 4 bridgehead atoms. The minimum atomic E-state index is -0.698. The van der Waals surface area contributed by atoms with Gasteiger partial charge in [0.15, 0.2) is 5.78 Å². The second kappa shape index (κ2) is 5.58. The average molecular weight is 346 g/mol. The van der Waals surface area contributed by atoms with E-state index in [4.69, 9.17) is 0 Å². The predicted molar refractivity (Wildman–Crippen MR) is 92.8 cm³/mol. The Morgan fingerprint density at radius 2 is 1.56 bits per heavy atom. The Balaban J connectivity index is 1.56. The Hall–Kier alpha value is -1.85. The third-order valence-electron chi connectivity index (χ3n) is 6.96. The molecule has 1 N–H and O–H groups in total. The van der Waals surface area contributed by atoms with Crippen molar-refractivity contribution in [3.8, 4) is 5.88 Å². The van der Waals surface area contributed by atoms with Gasteiger partial charge in [-0.3, -0.25) is 18.7 Å². The molecule has 25 heavy (non-hydrogen) atoms. The number of aromatic hydroxyl groups is 1. The van der Waals surface area contributed by atoms with Crippen LogP contribution in [0.3, 0.4) is 0 Å². The van der Waals surface area contributed by atoms with E-state index in [2.05, 4.69) is 0 Å². The smallest absolute Gasteiger partial charge is 0.333 e. The van der Waals surface area contributed by atoms with Crippen LogP contribution < -0.4 is 11.2 Å².